The number of hydrogen-bond acceptors (Lipinski definition) is 10. The summed E-state index contributed by atoms with van der Waals surface area (Å²) < 4.78 is 15.1. The Hall–Kier alpha value is -1.30. The number of rotatable bonds is 7. The van der Waals surface area contributed by atoms with Gasteiger partial charge in [0, 0.05) is 0 Å². The minimum Gasteiger partial charge on any atom is -0.462 e. The monoisotopic (exact) mass is 378 g/mol. The van der Waals surface area contributed by atoms with Crippen molar-refractivity contribution in [2.75, 3.05) is 6.61 Å². The molecule has 0 saturated carbocycles. The number of carbonyl (C=O) groups is 2. The Morgan fingerprint density at radius 2 is 1.46 bits per heavy atom. The van der Waals surface area contributed by atoms with E-state index in [0.717, 1.165) is 0 Å². The molecule has 1 heterocycles. The van der Waals surface area contributed by atoms with Crippen molar-refractivity contribution < 1.29 is 39.1 Å². The van der Waals surface area contributed by atoms with E-state index in [1.54, 1.807) is 27.7 Å². The van der Waals surface area contributed by atoms with Crippen molar-refractivity contribution in [3.05, 3.63) is 0 Å². The summed E-state index contributed by atoms with van der Waals surface area (Å²) in [6, 6.07) is -1.81. The van der Waals surface area contributed by atoms with Gasteiger partial charge in [-0.2, -0.15) is 0 Å². The van der Waals surface area contributed by atoms with Crippen LogP contribution in [0.2, 0.25) is 0 Å². The lowest BCUT2D eigenvalue weighted by Gasteiger charge is -2.40. The van der Waals surface area contributed by atoms with Crippen LogP contribution in [0.1, 0.15) is 27.7 Å². The predicted molar refractivity (Wildman–Crippen MR) is 89.4 cm³/mol. The van der Waals surface area contributed by atoms with Gasteiger partial charge in [0.1, 0.15) is 37.0 Å². The summed E-state index contributed by atoms with van der Waals surface area (Å²) in [7, 11) is 0. The topological polar surface area (TPSA) is 175 Å². The van der Waals surface area contributed by atoms with E-state index in [4.69, 9.17) is 25.7 Å². The zero-order chi connectivity index (χ0) is 20.2. The normalized spacial score (nSPS) is 31.6. The third kappa shape index (κ3) is 5.60. The van der Waals surface area contributed by atoms with Crippen molar-refractivity contribution >= 4 is 11.9 Å². The fourth-order valence-corrected chi connectivity index (χ4v) is 2.20. The van der Waals surface area contributed by atoms with Gasteiger partial charge < -0.3 is 41.0 Å². The van der Waals surface area contributed by atoms with Gasteiger partial charge in [-0.15, -0.1) is 0 Å². The van der Waals surface area contributed by atoms with Crippen LogP contribution in [-0.2, 0) is 23.8 Å². The molecule has 1 fully saturated rings. The molecule has 0 spiro atoms. The highest BCUT2D eigenvalue weighted by Gasteiger charge is 2.47. The summed E-state index contributed by atoms with van der Waals surface area (Å²) in [5.41, 5.74) is 11.3. The molecule has 10 nitrogen and oxygen atoms in total. The van der Waals surface area contributed by atoms with Crippen LogP contribution in [0.3, 0.4) is 0 Å². The predicted octanol–water partition coefficient (Wildman–Crippen LogP) is -2.15. The molecule has 0 aromatic rings. The molecule has 0 bridgehead atoms. The molecule has 1 saturated heterocycles. The van der Waals surface area contributed by atoms with E-state index in [1.807, 2.05) is 0 Å². The van der Waals surface area contributed by atoms with Gasteiger partial charge in [0.15, 0.2) is 12.4 Å². The Balaban J connectivity index is 2.66. The zero-order valence-electron chi connectivity index (χ0n) is 15.4. The lowest BCUT2D eigenvalue weighted by Crippen LogP contribution is -2.61. The van der Waals surface area contributed by atoms with E-state index < -0.39 is 61.3 Å². The number of aliphatic hydroxyl groups excluding tert-OH is 3. The number of hydrogen-bond donors (Lipinski definition) is 5. The Bertz CT molecular complexity index is 485. The quantitative estimate of drug-likeness (QED) is 0.307. The van der Waals surface area contributed by atoms with Crippen molar-refractivity contribution in [3.8, 4) is 0 Å². The van der Waals surface area contributed by atoms with Crippen molar-refractivity contribution in [1.29, 1.82) is 0 Å². The van der Waals surface area contributed by atoms with Gasteiger partial charge in [-0.25, -0.2) is 0 Å². The first-order chi connectivity index (χ1) is 12.0. The standard InChI is InChI=1S/C16H30N2O8/c1-6(2)9(17)14(21)24-5-8-11(19)12(20)13(16(23)25-8)26-15(22)10(18)7(3)4/h6-13,16,19-20,23H,5,17-18H2,1-4H3/t8-,9+,10+,11-,12+,13-,16?/m1/s1. The Morgan fingerprint density at radius 3 is 1.96 bits per heavy atom. The molecule has 26 heavy (non-hydrogen) atoms. The van der Waals surface area contributed by atoms with Crippen LogP contribution in [0, 0.1) is 11.8 Å². The molecular weight excluding hydrogens is 348 g/mol. The molecule has 7 N–H and O–H groups in total. The van der Waals surface area contributed by atoms with Gasteiger partial charge in [-0.05, 0) is 11.8 Å². The largest absolute Gasteiger partial charge is 0.462 e. The maximum atomic E-state index is 11.9. The van der Waals surface area contributed by atoms with Crippen LogP contribution in [0.25, 0.3) is 0 Å². The third-order valence-electron chi connectivity index (χ3n) is 4.29. The molecule has 1 aliphatic heterocycles. The molecular formula is C16H30N2O8. The fourth-order valence-electron chi connectivity index (χ4n) is 2.20. The molecule has 1 rings (SSSR count). The molecule has 152 valence electrons. The van der Waals surface area contributed by atoms with E-state index in [1.165, 1.54) is 0 Å². The SMILES string of the molecule is CC(C)[C@H](N)C(=O)OC[C@H]1OC(O)[C@H](OC(=O)[C@@H](N)C(C)C)[C@@H](O)[C@@H]1O. The van der Waals surface area contributed by atoms with Gasteiger partial charge in [-0.1, -0.05) is 27.7 Å². The van der Waals surface area contributed by atoms with Crippen molar-refractivity contribution in [3.63, 3.8) is 0 Å². The van der Waals surface area contributed by atoms with E-state index >= 15 is 0 Å². The molecule has 7 atom stereocenters. The van der Waals surface area contributed by atoms with Crippen LogP contribution in [-0.4, -0.2) is 76.7 Å². The molecule has 10 heteroatoms. The van der Waals surface area contributed by atoms with Crippen molar-refractivity contribution in [2.24, 2.45) is 23.3 Å². The number of aliphatic hydroxyl groups is 3. The van der Waals surface area contributed by atoms with Gasteiger partial charge >= 0.3 is 11.9 Å². The molecule has 0 amide bonds. The van der Waals surface area contributed by atoms with Crippen molar-refractivity contribution in [1.82, 2.24) is 0 Å². The number of ether oxygens (including phenoxy) is 3. The zero-order valence-corrected chi connectivity index (χ0v) is 15.4. The molecule has 0 aliphatic carbocycles. The van der Waals surface area contributed by atoms with E-state index in [0.29, 0.717) is 0 Å². The Kier molecular flexibility index (Phi) is 8.38. The van der Waals surface area contributed by atoms with Crippen LogP contribution < -0.4 is 11.5 Å². The van der Waals surface area contributed by atoms with Crippen LogP contribution in [0.5, 0.6) is 0 Å². The first-order valence-corrected chi connectivity index (χ1v) is 8.55. The van der Waals surface area contributed by atoms with Crippen LogP contribution in [0.4, 0.5) is 0 Å². The van der Waals surface area contributed by atoms with Gasteiger partial charge in [-0.3, -0.25) is 9.59 Å². The average molecular weight is 378 g/mol. The summed E-state index contributed by atoms with van der Waals surface area (Å²) in [5.74, 6) is -1.91. The maximum absolute atomic E-state index is 11.9. The van der Waals surface area contributed by atoms with E-state index in [-0.39, 0.29) is 11.8 Å². The lowest BCUT2D eigenvalue weighted by molar-refractivity contribution is -0.292. The molecule has 0 aromatic heterocycles. The second-order valence-electron chi connectivity index (χ2n) is 7.12. The average Bonchev–Trinajstić information content (AvgIpc) is 2.58. The first-order valence-electron chi connectivity index (χ1n) is 8.55. The maximum Gasteiger partial charge on any atom is 0.323 e. The third-order valence-corrected chi connectivity index (χ3v) is 4.29. The molecule has 0 aromatic carbocycles. The molecule has 1 aliphatic rings. The Labute approximate surface area is 152 Å². The van der Waals surface area contributed by atoms with Crippen molar-refractivity contribution in [2.45, 2.75) is 70.5 Å². The minimum atomic E-state index is -1.72. The molecule has 0 radical (unpaired) electrons. The second-order valence-corrected chi connectivity index (χ2v) is 7.12. The van der Waals surface area contributed by atoms with Gasteiger partial charge in [0.05, 0.1) is 0 Å². The minimum absolute atomic E-state index is 0.148. The van der Waals surface area contributed by atoms with E-state index in [9.17, 15) is 24.9 Å². The highest BCUT2D eigenvalue weighted by atomic mass is 16.7. The summed E-state index contributed by atoms with van der Waals surface area (Å²) in [5, 5.41) is 30.2. The number of carbonyl (C=O) groups excluding carboxylic acids is 2. The smallest absolute Gasteiger partial charge is 0.323 e. The second kappa shape index (κ2) is 9.58. The number of esters is 2. The summed E-state index contributed by atoms with van der Waals surface area (Å²) >= 11 is 0. The molecule has 1 unspecified atom stereocenters. The number of nitrogens with two attached hydrogens (primary N) is 2. The lowest BCUT2D eigenvalue weighted by atomic mass is 9.98. The summed E-state index contributed by atoms with van der Waals surface area (Å²) in [6.07, 6.45) is -7.66. The first kappa shape index (κ1) is 22.7. The highest BCUT2D eigenvalue weighted by Crippen LogP contribution is 2.23. The Morgan fingerprint density at radius 1 is 0.962 bits per heavy atom. The van der Waals surface area contributed by atoms with E-state index in [2.05, 4.69) is 0 Å². The summed E-state index contributed by atoms with van der Waals surface area (Å²) in [4.78, 5) is 23.6. The highest BCUT2D eigenvalue weighted by molar-refractivity contribution is 5.76. The summed E-state index contributed by atoms with van der Waals surface area (Å²) in [6.45, 7) is 6.47. The van der Waals surface area contributed by atoms with Crippen LogP contribution >= 0.6 is 0 Å². The van der Waals surface area contributed by atoms with Gasteiger partial charge in [0.25, 0.3) is 0 Å². The van der Waals surface area contributed by atoms with Gasteiger partial charge in [0.2, 0.25) is 0 Å². The van der Waals surface area contributed by atoms with Crippen LogP contribution in [0.15, 0.2) is 0 Å². The fraction of sp³-hybridized carbons (Fsp3) is 0.875.